The van der Waals surface area contributed by atoms with Crippen LogP contribution in [0.15, 0.2) is 18.2 Å². The molecule has 0 bridgehead atoms. The maximum Gasteiger partial charge on any atom is 0.416 e. The van der Waals surface area contributed by atoms with Crippen molar-refractivity contribution >= 4 is 26.7 Å². The molecule has 0 radical (unpaired) electrons. The molecular formula is C14H16F3N3S. The SMILES string of the molecule is C[C@@H]1CN(c2nc3ccc(C(F)(F)F)cc3s2)C[C@@H](C)N1. The third kappa shape index (κ3) is 2.98. The monoisotopic (exact) mass is 315 g/mol. The van der Waals surface area contributed by atoms with Crippen LogP contribution in [0.1, 0.15) is 19.4 Å². The highest BCUT2D eigenvalue weighted by Crippen LogP contribution is 2.35. The normalized spacial score (nSPS) is 23.8. The summed E-state index contributed by atoms with van der Waals surface area (Å²) in [5.74, 6) is 0. The van der Waals surface area contributed by atoms with Crippen molar-refractivity contribution in [3.63, 3.8) is 0 Å². The van der Waals surface area contributed by atoms with Gasteiger partial charge in [-0.05, 0) is 32.0 Å². The maximum absolute atomic E-state index is 12.7. The molecule has 114 valence electrons. The number of fused-ring (bicyclic) bond motifs is 1. The van der Waals surface area contributed by atoms with E-state index in [-0.39, 0.29) is 0 Å². The second-order valence-electron chi connectivity index (χ2n) is 5.55. The summed E-state index contributed by atoms with van der Waals surface area (Å²) in [5.41, 5.74) is 0.00841. The van der Waals surface area contributed by atoms with Gasteiger partial charge in [0.15, 0.2) is 5.13 Å². The van der Waals surface area contributed by atoms with Crippen molar-refractivity contribution in [3.8, 4) is 0 Å². The fourth-order valence-corrected chi connectivity index (χ4v) is 3.73. The molecule has 1 aliphatic rings. The number of benzene rings is 1. The van der Waals surface area contributed by atoms with Gasteiger partial charge in [0, 0.05) is 25.2 Å². The van der Waals surface area contributed by atoms with Gasteiger partial charge in [-0.15, -0.1) is 0 Å². The van der Waals surface area contributed by atoms with Gasteiger partial charge in [0.2, 0.25) is 0 Å². The van der Waals surface area contributed by atoms with Gasteiger partial charge in [-0.2, -0.15) is 13.2 Å². The molecule has 1 aliphatic heterocycles. The molecule has 0 amide bonds. The number of nitrogens with zero attached hydrogens (tertiary/aromatic N) is 2. The molecular weight excluding hydrogens is 299 g/mol. The van der Waals surface area contributed by atoms with Gasteiger partial charge in [0.25, 0.3) is 0 Å². The number of alkyl halides is 3. The highest BCUT2D eigenvalue weighted by molar-refractivity contribution is 7.22. The fourth-order valence-electron chi connectivity index (χ4n) is 2.71. The molecule has 21 heavy (non-hydrogen) atoms. The summed E-state index contributed by atoms with van der Waals surface area (Å²) in [4.78, 5) is 6.62. The van der Waals surface area contributed by atoms with E-state index in [0.29, 0.717) is 22.3 Å². The molecule has 2 atom stereocenters. The van der Waals surface area contributed by atoms with E-state index in [1.807, 2.05) is 0 Å². The van der Waals surface area contributed by atoms with Gasteiger partial charge < -0.3 is 10.2 Å². The molecule has 1 saturated heterocycles. The predicted molar refractivity (Wildman–Crippen MR) is 78.9 cm³/mol. The topological polar surface area (TPSA) is 28.2 Å². The number of rotatable bonds is 1. The average molecular weight is 315 g/mol. The van der Waals surface area contributed by atoms with Gasteiger partial charge in [-0.25, -0.2) is 4.98 Å². The number of piperazine rings is 1. The summed E-state index contributed by atoms with van der Waals surface area (Å²) >= 11 is 1.33. The van der Waals surface area contributed by atoms with E-state index in [1.54, 1.807) is 0 Å². The van der Waals surface area contributed by atoms with Crippen LogP contribution in [0.2, 0.25) is 0 Å². The summed E-state index contributed by atoms with van der Waals surface area (Å²) < 4.78 is 38.8. The molecule has 1 N–H and O–H groups in total. The van der Waals surface area contributed by atoms with Gasteiger partial charge in [0.05, 0.1) is 15.8 Å². The summed E-state index contributed by atoms with van der Waals surface area (Å²) in [5, 5.41) is 4.22. The van der Waals surface area contributed by atoms with E-state index in [1.165, 1.54) is 23.5 Å². The number of thiazole rings is 1. The Bertz CT molecular complexity index is 642. The third-order valence-electron chi connectivity index (χ3n) is 3.53. The van der Waals surface area contributed by atoms with Gasteiger partial charge >= 0.3 is 6.18 Å². The Morgan fingerprint density at radius 2 is 1.90 bits per heavy atom. The largest absolute Gasteiger partial charge is 0.416 e. The van der Waals surface area contributed by atoms with Crippen molar-refractivity contribution in [1.82, 2.24) is 10.3 Å². The standard InChI is InChI=1S/C14H16F3N3S/c1-8-6-20(7-9(2)18-8)13-19-11-4-3-10(14(15,16)17)5-12(11)21-13/h3-5,8-9,18H,6-7H2,1-2H3/t8-,9-/m1/s1. The van der Waals surface area contributed by atoms with E-state index >= 15 is 0 Å². The summed E-state index contributed by atoms with van der Waals surface area (Å²) in [6, 6.07) is 4.41. The van der Waals surface area contributed by atoms with E-state index in [0.717, 1.165) is 24.3 Å². The van der Waals surface area contributed by atoms with Crippen LogP contribution in [-0.4, -0.2) is 30.2 Å². The molecule has 2 aromatic rings. The molecule has 0 unspecified atom stereocenters. The van der Waals surface area contributed by atoms with Crippen molar-refractivity contribution in [1.29, 1.82) is 0 Å². The number of hydrogen-bond donors (Lipinski definition) is 1. The first kappa shape index (κ1) is 14.6. The highest BCUT2D eigenvalue weighted by Gasteiger charge is 2.31. The van der Waals surface area contributed by atoms with Gasteiger partial charge in [-0.3, -0.25) is 0 Å². The average Bonchev–Trinajstić information content (AvgIpc) is 2.79. The summed E-state index contributed by atoms with van der Waals surface area (Å²) in [6.45, 7) is 5.82. The minimum absolute atomic E-state index is 0.339. The molecule has 0 spiro atoms. The van der Waals surface area contributed by atoms with Crippen LogP contribution >= 0.6 is 11.3 Å². The van der Waals surface area contributed by atoms with Crippen molar-refractivity contribution in [3.05, 3.63) is 23.8 Å². The molecule has 1 aromatic heterocycles. The van der Waals surface area contributed by atoms with E-state index in [2.05, 4.69) is 29.0 Å². The lowest BCUT2D eigenvalue weighted by Gasteiger charge is -2.35. The van der Waals surface area contributed by atoms with Crippen LogP contribution in [0.4, 0.5) is 18.3 Å². The number of nitrogens with one attached hydrogen (secondary N) is 1. The highest BCUT2D eigenvalue weighted by atomic mass is 32.1. The van der Waals surface area contributed by atoms with Crippen LogP contribution in [-0.2, 0) is 6.18 Å². The fraction of sp³-hybridized carbons (Fsp3) is 0.500. The Morgan fingerprint density at radius 3 is 2.52 bits per heavy atom. The second kappa shape index (κ2) is 5.14. The Balaban J connectivity index is 1.94. The van der Waals surface area contributed by atoms with E-state index in [9.17, 15) is 13.2 Å². The zero-order valence-electron chi connectivity index (χ0n) is 11.7. The van der Waals surface area contributed by atoms with Crippen molar-refractivity contribution in [2.75, 3.05) is 18.0 Å². The van der Waals surface area contributed by atoms with Gasteiger partial charge in [-0.1, -0.05) is 11.3 Å². The van der Waals surface area contributed by atoms with E-state index in [4.69, 9.17) is 0 Å². The smallest absolute Gasteiger partial charge is 0.345 e. The summed E-state index contributed by atoms with van der Waals surface area (Å²) in [7, 11) is 0. The number of halogens is 3. The molecule has 7 heteroatoms. The Morgan fingerprint density at radius 1 is 1.24 bits per heavy atom. The lowest BCUT2D eigenvalue weighted by molar-refractivity contribution is -0.137. The van der Waals surface area contributed by atoms with Crippen molar-refractivity contribution in [2.24, 2.45) is 0 Å². The quantitative estimate of drug-likeness (QED) is 0.873. The third-order valence-corrected chi connectivity index (χ3v) is 4.61. The lowest BCUT2D eigenvalue weighted by atomic mass is 10.2. The number of hydrogen-bond acceptors (Lipinski definition) is 4. The molecule has 0 saturated carbocycles. The number of aromatic nitrogens is 1. The van der Waals surface area contributed by atoms with E-state index < -0.39 is 11.7 Å². The maximum atomic E-state index is 12.7. The predicted octanol–water partition coefficient (Wildman–Crippen LogP) is 3.50. The van der Waals surface area contributed by atoms with Crippen molar-refractivity contribution < 1.29 is 13.2 Å². The molecule has 1 aromatic carbocycles. The van der Waals surface area contributed by atoms with Crippen LogP contribution in [0.3, 0.4) is 0 Å². The van der Waals surface area contributed by atoms with Crippen LogP contribution in [0, 0.1) is 0 Å². The molecule has 3 nitrogen and oxygen atoms in total. The van der Waals surface area contributed by atoms with Crippen molar-refractivity contribution in [2.45, 2.75) is 32.1 Å². The first-order valence-corrected chi connectivity index (χ1v) is 7.63. The minimum Gasteiger partial charge on any atom is -0.345 e. The van der Waals surface area contributed by atoms with Crippen LogP contribution < -0.4 is 10.2 Å². The van der Waals surface area contributed by atoms with Crippen LogP contribution in [0.25, 0.3) is 10.2 Å². The first-order valence-electron chi connectivity index (χ1n) is 6.82. The number of anilines is 1. The lowest BCUT2D eigenvalue weighted by Crippen LogP contribution is -2.54. The second-order valence-corrected chi connectivity index (χ2v) is 6.56. The van der Waals surface area contributed by atoms with Gasteiger partial charge in [0.1, 0.15) is 0 Å². The Kier molecular flexibility index (Phi) is 3.57. The molecule has 2 heterocycles. The molecule has 1 fully saturated rings. The van der Waals surface area contributed by atoms with Crippen LogP contribution in [0.5, 0.6) is 0 Å². The Labute approximate surface area is 124 Å². The zero-order valence-corrected chi connectivity index (χ0v) is 12.6. The summed E-state index contributed by atoms with van der Waals surface area (Å²) in [6.07, 6.45) is -4.31. The molecule has 3 rings (SSSR count). The first-order chi connectivity index (χ1) is 9.83. The Hall–Kier alpha value is -1.34. The molecule has 0 aliphatic carbocycles. The minimum atomic E-state index is -4.31. The zero-order chi connectivity index (χ0) is 15.2.